The molecular weight excluding hydrogens is 381 g/mol. The van der Waals surface area contributed by atoms with Gasteiger partial charge in [0.15, 0.2) is 0 Å². The zero-order valence-corrected chi connectivity index (χ0v) is 13.5. The molecule has 1 N–H and O–H groups in total. The number of nitrogens with zero attached hydrogens (tertiary/aromatic N) is 2. The van der Waals surface area contributed by atoms with Crippen LogP contribution in [0, 0.1) is 0 Å². The van der Waals surface area contributed by atoms with Crippen molar-refractivity contribution in [3.05, 3.63) is 44.2 Å². The van der Waals surface area contributed by atoms with Crippen LogP contribution in [0.3, 0.4) is 0 Å². The molecule has 2 rings (SSSR count). The van der Waals surface area contributed by atoms with E-state index in [-0.39, 0.29) is 0 Å². The molecule has 0 aliphatic heterocycles. The lowest BCUT2D eigenvalue weighted by molar-refractivity contribution is 0.931. The van der Waals surface area contributed by atoms with Gasteiger partial charge in [0.1, 0.15) is 16.2 Å². The van der Waals surface area contributed by atoms with Gasteiger partial charge in [-0.3, -0.25) is 0 Å². The summed E-state index contributed by atoms with van der Waals surface area (Å²) in [5, 5.41) is 3.86. The van der Waals surface area contributed by atoms with Crippen LogP contribution in [0.1, 0.15) is 12.7 Å². The lowest BCUT2D eigenvalue weighted by Gasteiger charge is -2.08. The van der Waals surface area contributed by atoms with Crippen molar-refractivity contribution < 1.29 is 0 Å². The minimum Gasteiger partial charge on any atom is -0.340 e. The fourth-order valence-electron chi connectivity index (χ4n) is 1.41. The summed E-state index contributed by atoms with van der Waals surface area (Å²) in [6, 6.07) is 7.49. The molecule has 0 amide bonds. The third kappa shape index (κ3) is 3.43. The number of nitrogens with one attached hydrogen (secondary N) is 1. The van der Waals surface area contributed by atoms with Gasteiger partial charge in [0, 0.05) is 22.6 Å². The molecule has 0 aliphatic carbocycles. The third-order valence-corrected chi connectivity index (χ3v) is 3.89. The Balaban J connectivity index is 2.27. The fourth-order valence-corrected chi connectivity index (χ4v) is 2.26. The Bertz CT molecular complexity index is 575. The van der Waals surface area contributed by atoms with E-state index < -0.39 is 0 Å². The van der Waals surface area contributed by atoms with Crippen molar-refractivity contribution in [3.8, 4) is 0 Å². The molecule has 0 saturated carbocycles. The highest BCUT2D eigenvalue weighted by Crippen LogP contribution is 2.27. The molecule has 0 radical (unpaired) electrons. The van der Waals surface area contributed by atoms with Crippen LogP contribution in [-0.2, 0) is 6.42 Å². The van der Waals surface area contributed by atoms with Crippen molar-refractivity contribution in [2.24, 2.45) is 0 Å². The van der Waals surface area contributed by atoms with Gasteiger partial charge < -0.3 is 5.32 Å². The Kier molecular flexibility index (Phi) is 4.59. The molecule has 1 heterocycles. The Labute approximate surface area is 127 Å². The summed E-state index contributed by atoms with van der Waals surface area (Å²) >= 11 is 12.8. The maximum Gasteiger partial charge on any atom is 0.135 e. The number of benzene rings is 1. The Hall–Kier alpha value is -0.650. The van der Waals surface area contributed by atoms with E-state index in [1.54, 1.807) is 0 Å². The lowest BCUT2D eigenvalue weighted by atomic mass is 10.3. The van der Waals surface area contributed by atoms with Gasteiger partial charge >= 0.3 is 0 Å². The molecule has 0 fully saturated rings. The number of halogens is 3. The first-order valence-electron chi connectivity index (χ1n) is 5.34. The number of aromatic nitrogens is 2. The molecule has 0 atom stereocenters. The molecule has 1 aromatic carbocycles. The van der Waals surface area contributed by atoms with Crippen molar-refractivity contribution in [1.29, 1.82) is 0 Å². The predicted octanol–water partition coefficient (Wildman–Crippen LogP) is 4.96. The maximum atomic E-state index is 6.04. The van der Waals surface area contributed by atoms with Crippen LogP contribution in [0.5, 0.6) is 0 Å². The van der Waals surface area contributed by atoms with Crippen LogP contribution in [0.2, 0.25) is 5.02 Å². The highest BCUT2D eigenvalue weighted by atomic mass is 79.9. The lowest BCUT2D eigenvalue weighted by Crippen LogP contribution is -1.99. The second-order valence-corrected chi connectivity index (χ2v) is 5.67. The van der Waals surface area contributed by atoms with Gasteiger partial charge in [-0.1, -0.05) is 18.5 Å². The number of hydrogen-bond acceptors (Lipinski definition) is 3. The number of aryl methyl sites for hydroxylation is 1. The van der Waals surface area contributed by atoms with E-state index in [2.05, 4.69) is 47.1 Å². The van der Waals surface area contributed by atoms with Crippen molar-refractivity contribution >= 4 is 55.0 Å². The van der Waals surface area contributed by atoms with Gasteiger partial charge in [-0.25, -0.2) is 9.97 Å². The fraction of sp³-hybridized carbons (Fsp3) is 0.167. The maximum absolute atomic E-state index is 6.04. The van der Waals surface area contributed by atoms with E-state index in [4.69, 9.17) is 11.6 Å². The van der Waals surface area contributed by atoms with Gasteiger partial charge in [0.25, 0.3) is 0 Å². The summed E-state index contributed by atoms with van der Waals surface area (Å²) in [7, 11) is 0. The van der Waals surface area contributed by atoms with E-state index in [1.165, 1.54) is 0 Å². The van der Waals surface area contributed by atoms with Gasteiger partial charge in [0.2, 0.25) is 0 Å². The Morgan fingerprint density at radius 2 is 2.00 bits per heavy atom. The minimum atomic E-state index is 0.656. The zero-order chi connectivity index (χ0) is 13.1. The van der Waals surface area contributed by atoms with E-state index in [9.17, 15) is 0 Å². The Morgan fingerprint density at radius 1 is 1.22 bits per heavy atom. The van der Waals surface area contributed by atoms with Crippen molar-refractivity contribution in [2.45, 2.75) is 13.3 Å². The number of hydrogen-bond donors (Lipinski definition) is 1. The summed E-state index contributed by atoms with van der Waals surface area (Å²) in [6.07, 6.45) is 0.787. The predicted molar refractivity (Wildman–Crippen MR) is 81.5 cm³/mol. The van der Waals surface area contributed by atoms with Crippen LogP contribution >= 0.6 is 43.5 Å². The first kappa shape index (κ1) is 13.8. The second kappa shape index (κ2) is 5.99. The van der Waals surface area contributed by atoms with Crippen LogP contribution in [0.25, 0.3) is 0 Å². The highest BCUT2D eigenvalue weighted by molar-refractivity contribution is 9.10. The Morgan fingerprint density at radius 3 is 2.67 bits per heavy atom. The van der Waals surface area contributed by atoms with Crippen LogP contribution in [0.4, 0.5) is 11.5 Å². The molecule has 0 saturated heterocycles. The topological polar surface area (TPSA) is 37.8 Å². The molecule has 2 aromatic rings. The van der Waals surface area contributed by atoms with E-state index in [0.29, 0.717) is 5.02 Å². The molecule has 1 aromatic heterocycles. The van der Waals surface area contributed by atoms with Crippen LogP contribution in [0.15, 0.2) is 33.3 Å². The minimum absolute atomic E-state index is 0.656. The molecule has 0 spiro atoms. The normalized spacial score (nSPS) is 10.4. The molecular formula is C12H10Br2ClN3. The zero-order valence-electron chi connectivity index (χ0n) is 9.54. The largest absolute Gasteiger partial charge is 0.340 e. The standard InChI is InChI=1S/C12H10Br2ClN3/c1-2-11-17-10(14)6-12(18-11)16-7-3-4-8(13)9(15)5-7/h3-6H,2H2,1H3,(H,16,17,18). The summed E-state index contributed by atoms with van der Waals surface area (Å²) < 4.78 is 1.63. The monoisotopic (exact) mass is 389 g/mol. The van der Waals surface area contributed by atoms with Crippen molar-refractivity contribution in [2.75, 3.05) is 5.32 Å². The van der Waals surface area contributed by atoms with E-state index >= 15 is 0 Å². The quantitative estimate of drug-likeness (QED) is 0.752. The number of anilines is 2. The third-order valence-electron chi connectivity index (χ3n) is 2.25. The van der Waals surface area contributed by atoms with Crippen LogP contribution < -0.4 is 5.32 Å². The van der Waals surface area contributed by atoms with Gasteiger partial charge in [-0.05, 0) is 50.1 Å². The van der Waals surface area contributed by atoms with E-state index in [1.807, 2.05) is 31.2 Å². The average Bonchev–Trinajstić information content (AvgIpc) is 2.33. The summed E-state index contributed by atoms with van der Waals surface area (Å²) in [5.41, 5.74) is 0.885. The van der Waals surface area contributed by atoms with Crippen molar-refractivity contribution in [1.82, 2.24) is 9.97 Å². The molecule has 0 unspecified atom stereocenters. The van der Waals surface area contributed by atoms with Crippen LogP contribution in [-0.4, -0.2) is 9.97 Å². The second-order valence-electron chi connectivity index (χ2n) is 3.60. The molecule has 6 heteroatoms. The van der Waals surface area contributed by atoms with Gasteiger partial charge in [-0.2, -0.15) is 0 Å². The van der Waals surface area contributed by atoms with Crippen molar-refractivity contribution in [3.63, 3.8) is 0 Å². The molecule has 0 bridgehead atoms. The molecule has 94 valence electrons. The highest BCUT2D eigenvalue weighted by Gasteiger charge is 2.04. The van der Waals surface area contributed by atoms with Gasteiger partial charge in [0.05, 0.1) is 5.02 Å². The SMILES string of the molecule is CCc1nc(Br)cc(Nc2ccc(Br)c(Cl)c2)n1. The molecule has 0 aliphatic rings. The average molecular weight is 391 g/mol. The summed E-state index contributed by atoms with van der Waals surface area (Å²) in [6.45, 7) is 2.02. The first-order valence-corrected chi connectivity index (χ1v) is 7.30. The first-order chi connectivity index (χ1) is 8.58. The van der Waals surface area contributed by atoms with E-state index in [0.717, 1.165) is 32.8 Å². The smallest absolute Gasteiger partial charge is 0.135 e. The van der Waals surface area contributed by atoms with Gasteiger partial charge in [-0.15, -0.1) is 0 Å². The summed E-state index contributed by atoms with van der Waals surface area (Å²) in [4.78, 5) is 8.65. The summed E-state index contributed by atoms with van der Waals surface area (Å²) in [5.74, 6) is 1.53. The molecule has 18 heavy (non-hydrogen) atoms. The number of rotatable bonds is 3. The molecule has 3 nitrogen and oxygen atoms in total.